The summed E-state index contributed by atoms with van der Waals surface area (Å²) < 4.78 is 5.04. The highest BCUT2D eigenvalue weighted by atomic mass is 32.2. The topological polar surface area (TPSA) is 108 Å². The van der Waals surface area contributed by atoms with Crippen molar-refractivity contribution in [2.75, 3.05) is 6.61 Å². The Balaban J connectivity index is 2.66. The minimum atomic E-state index is -0.618. The lowest BCUT2D eigenvalue weighted by Gasteiger charge is -2.21. The Kier molecular flexibility index (Phi) is 4.94. The van der Waals surface area contributed by atoms with Crippen molar-refractivity contribution >= 4 is 34.0 Å². The van der Waals surface area contributed by atoms with Gasteiger partial charge in [0.15, 0.2) is 0 Å². The number of para-hydroxylation sites is 1. The molecule has 2 N–H and O–H groups in total. The first-order chi connectivity index (χ1) is 10.5. The Bertz CT molecular complexity index is 684. The van der Waals surface area contributed by atoms with Crippen LogP contribution in [0.4, 0.5) is 5.69 Å². The quantitative estimate of drug-likeness (QED) is 0.518. The zero-order chi connectivity index (χ0) is 16.3. The molecule has 1 aliphatic rings. The second-order valence-corrected chi connectivity index (χ2v) is 5.55. The minimum Gasteiger partial charge on any atom is -0.462 e. The highest BCUT2D eigenvalue weighted by Gasteiger charge is 2.30. The third kappa shape index (κ3) is 3.18. The normalized spacial score (nSPS) is 18.0. The molecule has 116 valence electrons. The summed E-state index contributed by atoms with van der Waals surface area (Å²) in [5.41, 5.74) is 6.11. The number of nitrogens with zero attached hydrogens (tertiary/aromatic N) is 2. The van der Waals surface area contributed by atoms with Gasteiger partial charge in [-0.25, -0.2) is 4.79 Å². The van der Waals surface area contributed by atoms with Crippen LogP contribution in [-0.2, 0) is 9.53 Å². The number of nitrogens with two attached hydrogens (primary N) is 1. The van der Waals surface area contributed by atoms with Crippen molar-refractivity contribution in [3.63, 3.8) is 0 Å². The van der Waals surface area contributed by atoms with Gasteiger partial charge in [-0.1, -0.05) is 23.9 Å². The fraction of sp³-hybridized carbons (Fsp3) is 0.286. The molecule has 1 aliphatic heterocycles. The average Bonchev–Trinajstić information content (AvgIpc) is 2.46. The molecule has 0 saturated carbocycles. The van der Waals surface area contributed by atoms with Crippen LogP contribution in [0.5, 0.6) is 0 Å². The summed E-state index contributed by atoms with van der Waals surface area (Å²) >= 11 is 1.10. The van der Waals surface area contributed by atoms with Gasteiger partial charge in [-0.05, 0) is 19.9 Å². The molecular weight excluding hydrogens is 306 g/mol. The van der Waals surface area contributed by atoms with E-state index in [0.29, 0.717) is 16.2 Å². The number of carbonyl (C=O) groups excluding carboxylic acids is 1. The monoisotopic (exact) mass is 321 g/mol. The highest BCUT2D eigenvalue weighted by molar-refractivity contribution is 8.09. The van der Waals surface area contributed by atoms with Gasteiger partial charge in [-0.3, -0.25) is 15.1 Å². The van der Waals surface area contributed by atoms with Crippen LogP contribution in [0.2, 0.25) is 0 Å². The standard InChI is InChI=1S/C14H15N3O4S/c1-3-21-13(18)11-8(2)16-14(15)22-12(11)9-6-4-5-7-10(9)17(19)20/h4-7,14H,3,15H2,1-2H3. The van der Waals surface area contributed by atoms with E-state index in [0.717, 1.165) is 11.8 Å². The molecule has 0 aliphatic carbocycles. The number of rotatable bonds is 4. The van der Waals surface area contributed by atoms with Crippen LogP contribution in [-0.4, -0.2) is 28.7 Å². The summed E-state index contributed by atoms with van der Waals surface area (Å²) in [4.78, 5) is 27.5. The number of nitro benzene ring substituents is 1. The van der Waals surface area contributed by atoms with Crippen LogP contribution in [0.1, 0.15) is 19.4 Å². The van der Waals surface area contributed by atoms with Crippen molar-refractivity contribution in [2.24, 2.45) is 10.7 Å². The summed E-state index contributed by atoms with van der Waals surface area (Å²) in [5.74, 6) is -0.559. The number of thioether (sulfide) groups is 1. The number of hydrogen-bond acceptors (Lipinski definition) is 7. The van der Waals surface area contributed by atoms with E-state index in [1.165, 1.54) is 6.07 Å². The Labute approximate surface area is 131 Å². The number of aliphatic imine (C=N–C) groups is 1. The Morgan fingerprint density at radius 1 is 1.50 bits per heavy atom. The molecule has 0 radical (unpaired) electrons. The van der Waals surface area contributed by atoms with Crippen molar-refractivity contribution in [3.05, 3.63) is 45.5 Å². The minimum absolute atomic E-state index is 0.0892. The first-order valence-corrected chi connectivity index (χ1v) is 7.45. The molecule has 0 aromatic heterocycles. The zero-order valence-electron chi connectivity index (χ0n) is 12.1. The summed E-state index contributed by atoms with van der Waals surface area (Å²) in [6.45, 7) is 3.54. The van der Waals surface area contributed by atoms with E-state index in [4.69, 9.17) is 10.5 Å². The van der Waals surface area contributed by atoms with Gasteiger partial charge in [-0.2, -0.15) is 0 Å². The zero-order valence-corrected chi connectivity index (χ0v) is 12.9. The lowest BCUT2D eigenvalue weighted by molar-refractivity contribution is -0.385. The van der Waals surface area contributed by atoms with Crippen LogP contribution < -0.4 is 5.73 Å². The van der Waals surface area contributed by atoms with E-state index in [9.17, 15) is 14.9 Å². The van der Waals surface area contributed by atoms with Crippen LogP contribution in [0, 0.1) is 10.1 Å². The third-order valence-electron chi connectivity index (χ3n) is 2.97. The van der Waals surface area contributed by atoms with Gasteiger partial charge in [0.2, 0.25) is 0 Å². The first kappa shape index (κ1) is 16.2. The van der Waals surface area contributed by atoms with Crippen LogP contribution in [0.25, 0.3) is 4.91 Å². The lowest BCUT2D eigenvalue weighted by Crippen LogP contribution is -2.25. The summed E-state index contributed by atoms with van der Waals surface area (Å²) in [6, 6.07) is 6.22. The molecule has 1 aromatic rings. The Hall–Kier alpha value is -2.19. The molecule has 1 heterocycles. The summed E-state index contributed by atoms with van der Waals surface area (Å²) in [6.07, 6.45) is 0. The van der Waals surface area contributed by atoms with E-state index in [1.54, 1.807) is 32.0 Å². The summed E-state index contributed by atoms with van der Waals surface area (Å²) in [5, 5.41) is 11.2. The number of hydrogen-bond donors (Lipinski definition) is 1. The Morgan fingerprint density at radius 2 is 2.18 bits per heavy atom. The predicted molar refractivity (Wildman–Crippen MR) is 85.3 cm³/mol. The van der Waals surface area contributed by atoms with Gasteiger partial charge in [0.05, 0.1) is 28.4 Å². The van der Waals surface area contributed by atoms with Gasteiger partial charge in [0.25, 0.3) is 5.69 Å². The maximum Gasteiger partial charge on any atom is 0.341 e. The van der Waals surface area contributed by atoms with E-state index >= 15 is 0 Å². The molecule has 0 saturated heterocycles. The number of nitro groups is 1. The SMILES string of the molecule is CCOC(=O)C1=C(c2ccccc2[N+](=O)[O-])SC(N)N=C1C. The number of carbonyl (C=O) groups is 1. The van der Waals surface area contributed by atoms with E-state index in [1.807, 2.05) is 0 Å². The molecule has 0 amide bonds. The molecule has 1 aromatic carbocycles. The molecule has 1 atom stereocenters. The van der Waals surface area contributed by atoms with Gasteiger partial charge >= 0.3 is 5.97 Å². The number of benzene rings is 1. The molecule has 22 heavy (non-hydrogen) atoms. The average molecular weight is 321 g/mol. The smallest absolute Gasteiger partial charge is 0.341 e. The van der Waals surface area contributed by atoms with E-state index in [-0.39, 0.29) is 17.9 Å². The van der Waals surface area contributed by atoms with Gasteiger partial charge in [-0.15, -0.1) is 0 Å². The third-order valence-corrected chi connectivity index (χ3v) is 3.98. The van der Waals surface area contributed by atoms with Crippen LogP contribution >= 0.6 is 11.8 Å². The molecule has 0 spiro atoms. The largest absolute Gasteiger partial charge is 0.462 e. The number of esters is 1. The van der Waals surface area contributed by atoms with Crippen molar-refractivity contribution in [1.29, 1.82) is 0 Å². The highest BCUT2D eigenvalue weighted by Crippen LogP contribution is 2.41. The predicted octanol–water partition coefficient (Wildman–Crippen LogP) is 2.32. The molecule has 2 rings (SSSR count). The molecular formula is C14H15N3O4S. The fourth-order valence-corrected chi connectivity index (χ4v) is 3.19. The van der Waals surface area contributed by atoms with Crippen molar-refractivity contribution in [3.8, 4) is 0 Å². The van der Waals surface area contributed by atoms with Gasteiger partial charge in [0, 0.05) is 11.0 Å². The second-order valence-electron chi connectivity index (χ2n) is 4.42. The van der Waals surface area contributed by atoms with Crippen molar-refractivity contribution < 1.29 is 14.5 Å². The van der Waals surface area contributed by atoms with Crippen molar-refractivity contribution in [1.82, 2.24) is 0 Å². The van der Waals surface area contributed by atoms with Crippen LogP contribution in [0.3, 0.4) is 0 Å². The lowest BCUT2D eigenvalue weighted by atomic mass is 10.1. The van der Waals surface area contributed by atoms with Gasteiger partial charge in [0.1, 0.15) is 5.50 Å². The summed E-state index contributed by atoms with van der Waals surface area (Å²) in [7, 11) is 0. The van der Waals surface area contributed by atoms with Gasteiger partial charge < -0.3 is 10.5 Å². The van der Waals surface area contributed by atoms with E-state index in [2.05, 4.69) is 4.99 Å². The Morgan fingerprint density at radius 3 is 2.82 bits per heavy atom. The van der Waals surface area contributed by atoms with Crippen molar-refractivity contribution in [2.45, 2.75) is 19.3 Å². The molecule has 7 nitrogen and oxygen atoms in total. The molecule has 0 fully saturated rings. The molecule has 1 unspecified atom stereocenters. The van der Waals surface area contributed by atoms with E-state index < -0.39 is 16.4 Å². The fourth-order valence-electron chi connectivity index (χ4n) is 2.09. The van der Waals surface area contributed by atoms with Crippen LogP contribution in [0.15, 0.2) is 34.8 Å². The first-order valence-electron chi connectivity index (χ1n) is 6.58. The molecule has 8 heteroatoms. The maximum atomic E-state index is 12.2. The maximum absolute atomic E-state index is 12.2. The molecule has 0 bridgehead atoms. The number of ether oxygens (including phenoxy) is 1. The second kappa shape index (κ2) is 6.71.